The maximum absolute atomic E-state index is 12.1. The Hall–Kier alpha value is -2.30. The standard InChI is InChI=1S/C15H14O5/c1-19-11-5-4-10(15(17)18)7-12(11)20-14-9-3-2-8(6-9)13(14)16/h2-5,7-9,14H,6H2,1H3,(H,17,18). The van der Waals surface area contributed by atoms with E-state index in [-0.39, 0.29) is 23.2 Å². The Bertz CT molecular complexity index is 604. The zero-order chi connectivity index (χ0) is 14.3. The van der Waals surface area contributed by atoms with Gasteiger partial charge in [0.15, 0.2) is 23.4 Å². The van der Waals surface area contributed by atoms with Crippen molar-refractivity contribution in [2.75, 3.05) is 7.11 Å². The van der Waals surface area contributed by atoms with Crippen molar-refractivity contribution in [3.05, 3.63) is 35.9 Å². The molecule has 1 aromatic carbocycles. The zero-order valence-electron chi connectivity index (χ0n) is 10.9. The van der Waals surface area contributed by atoms with E-state index in [2.05, 4.69) is 0 Å². The minimum absolute atomic E-state index is 0.0558. The highest BCUT2D eigenvalue weighted by atomic mass is 16.5. The molecule has 2 aliphatic rings. The Balaban J connectivity index is 1.90. The predicted octanol–water partition coefficient (Wildman–Crippen LogP) is 1.92. The van der Waals surface area contributed by atoms with E-state index in [1.54, 1.807) is 0 Å². The number of benzene rings is 1. The number of Topliss-reactive ketones (excluding diaryl/α,β-unsaturated/α-hetero) is 1. The summed E-state index contributed by atoms with van der Waals surface area (Å²) in [6.07, 6.45) is 4.15. The van der Waals surface area contributed by atoms with Crippen molar-refractivity contribution in [2.45, 2.75) is 12.5 Å². The molecule has 0 amide bonds. The van der Waals surface area contributed by atoms with E-state index in [0.29, 0.717) is 11.5 Å². The van der Waals surface area contributed by atoms with Crippen molar-refractivity contribution in [3.63, 3.8) is 0 Å². The van der Waals surface area contributed by atoms with Gasteiger partial charge in [-0.2, -0.15) is 0 Å². The Kier molecular flexibility index (Phi) is 2.97. The summed E-state index contributed by atoms with van der Waals surface area (Å²) >= 11 is 0. The largest absolute Gasteiger partial charge is 0.493 e. The summed E-state index contributed by atoms with van der Waals surface area (Å²) in [5.74, 6) is -0.248. The lowest BCUT2D eigenvalue weighted by atomic mass is 10.0. The molecule has 0 radical (unpaired) electrons. The van der Waals surface area contributed by atoms with Crippen molar-refractivity contribution >= 4 is 11.8 Å². The molecule has 0 saturated heterocycles. The van der Waals surface area contributed by atoms with E-state index in [4.69, 9.17) is 14.6 Å². The second kappa shape index (κ2) is 4.67. The number of allylic oxidation sites excluding steroid dienone is 1. The fraction of sp³-hybridized carbons (Fsp3) is 0.333. The van der Waals surface area contributed by atoms with Gasteiger partial charge in [0.2, 0.25) is 0 Å². The molecule has 5 nitrogen and oxygen atoms in total. The summed E-state index contributed by atoms with van der Waals surface area (Å²) in [6, 6.07) is 4.37. The quantitative estimate of drug-likeness (QED) is 0.849. The van der Waals surface area contributed by atoms with Gasteiger partial charge in [-0.25, -0.2) is 4.79 Å². The number of aromatic carboxylic acids is 1. The number of hydrogen-bond acceptors (Lipinski definition) is 4. The average molecular weight is 274 g/mol. The number of ketones is 1. The van der Waals surface area contributed by atoms with Crippen LogP contribution in [0.15, 0.2) is 30.4 Å². The van der Waals surface area contributed by atoms with Gasteiger partial charge in [-0.15, -0.1) is 0 Å². The number of carboxylic acid groups (broad SMARTS) is 1. The Morgan fingerprint density at radius 1 is 1.30 bits per heavy atom. The molecular formula is C15H14O5. The van der Waals surface area contributed by atoms with E-state index in [1.165, 1.54) is 25.3 Å². The summed E-state index contributed by atoms with van der Waals surface area (Å²) in [5.41, 5.74) is 0.104. The highest BCUT2D eigenvalue weighted by Gasteiger charge is 2.45. The number of fused-ring (bicyclic) bond motifs is 2. The number of carbonyl (C=O) groups is 2. The van der Waals surface area contributed by atoms with Gasteiger partial charge in [0, 0.05) is 11.8 Å². The number of hydrogen-bond donors (Lipinski definition) is 1. The van der Waals surface area contributed by atoms with Crippen LogP contribution in [0.3, 0.4) is 0 Å². The monoisotopic (exact) mass is 274 g/mol. The van der Waals surface area contributed by atoms with Crippen LogP contribution in [0.4, 0.5) is 0 Å². The highest BCUT2D eigenvalue weighted by molar-refractivity contribution is 5.92. The van der Waals surface area contributed by atoms with Gasteiger partial charge in [0.05, 0.1) is 12.7 Å². The number of carbonyl (C=O) groups excluding carboxylic acids is 1. The summed E-state index contributed by atoms with van der Waals surface area (Å²) in [4.78, 5) is 23.1. The fourth-order valence-corrected chi connectivity index (χ4v) is 2.77. The van der Waals surface area contributed by atoms with Gasteiger partial charge < -0.3 is 14.6 Å². The van der Waals surface area contributed by atoms with Crippen molar-refractivity contribution in [2.24, 2.45) is 11.8 Å². The summed E-state index contributed by atoms with van der Waals surface area (Å²) in [6.45, 7) is 0. The molecule has 2 bridgehead atoms. The lowest BCUT2D eigenvalue weighted by Crippen LogP contribution is -2.31. The molecule has 1 N–H and O–H groups in total. The normalized spacial score (nSPS) is 26.9. The molecule has 20 heavy (non-hydrogen) atoms. The summed E-state index contributed by atoms with van der Waals surface area (Å²) in [5, 5.41) is 9.02. The third kappa shape index (κ3) is 1.95. The third-order valence-corrected chi connectivity index (χ3v) is 3.82. The second-order valence-electron chi connectivity index (χ2n) is 5.00. The topological polar surface area (TPSA) is 72.8 Å². The molecule has 3 unspecified atom stereocenters. The van der Waals surface area contributed by atoms with Crippen LogP contribution in [0.1, 0.15) is 16.8 Å². The molecule has 1 fully saturated rings. The van der Waals surface area contributed by atoms with Crippen LogP contribution in [0.25, 0.3) is 0 Å². The van der Waals surface area contributed by atoms with Gasteiger partial charge in [-0.3, -0.25) is 4.79 Å². The second-order valence-corrected chi connectivity index (χ2v) is 5.00. The lowest BCUT2D eigenvalue weighted by Gasteiger charge is -2.20. The Labute approximate surface area is 115 Å². The predicted molar refractivity (Wildman–Crippen MR) is 70.1 cm³/mol. The van der Waals surface area contributed by atoms with E-state index >= 15 is 0 Å². The molecule has 2 aliphatic carbocycles. The number of methoxy groups -OCH3 is 1. The highest BCUT2D eigenvalue weighted by Crippen LogP contribution is 2.40. The zero-order valence-corrected chi connectivity index (χ0v) is 10.9. The molecule has 0 spiro atoms. The van der Waals surface area contributed by atoms with Gasteiger partial charge in [0.1, 0.15) is 0 Å². The molecule has 3 atom stereocenters. The molecule has 1 aromatic rings. The van der Waals surface area contributed by atoms with Crippen molar-refractivity contribution in [1.82, 2.24) is 0 Å². The van der Waals surface area contributed by atoms with Crippen molar-refractivity contribution < 1.29 is 24.2 Å². The van der Waals surface area contributed by atoms with Crippen molar-refractivity contribution in [3.8, 4) is 11.5 Å². The Morgan fingerprint density at radius 2 is 2.10 bits per heavy atom. The number of ether oxygens (including phenoxy) is 2. The van der Waals surface area contributed by atoms with Gasteiger partial charge >= 0.3 is 5.97 Å². The maximum atomic E-state index is 12.1. The molecular weight excluding hydrogens is 260 g/mol. The van der Waals surface area contributed by atoms with Crippen molar-refractivity contribution in [1.29, 1.82) is 0 Å². The SMILES string of the molecule is COc1ccc(C(=O)O)cc1OC1C(=O)C2C=CC1C2. The molecule has 0 heterocycles. The lowest BCUT2D eigenvalue weighted by molar-refractivity contribution is -0.126. The maximum Gasteiger partial charge on any atom is 0.335 e. The average Bonchev–Trinajstić information content (AvgIpc) is 3.02. The van der Waals surface area contributed by atoms with Crippen LogP contribution >= 0.6 is 0 Å². The van der Waals surface area contributed by atoms with E-state index in [9.17, 15) is 9.59 Å². The first kappa shape index (κ1) is 12.7. The molecule has 0 aliphatic heterocycles. The molecule has 3 rings (SSSR count). The third-order valence-electron chi connectivity index (χ3n) is 3.82. The smallest absolute Gasteiger partial charge is 0.335 e. The summed E-state index contributed by atoms with van der Waals surface area (Å²) in [7, 11) is 1.48. The minimum Gasteiger partial charge on any atom is -0.493 e. The van der Waals surface area contributed by atoms with Gasteiger partial charge in [0.25, 0.3) is 0 Å². The van der Waals surface area contributed by atoms with Crippen LogP contribution in [-0.4, -0.2) is 30.1 Å². The molecule has 1 saturated carbocycles. The van der Waals surface area contributed by atoms with E-state index in [1.807, 2.05) is 12.2 Å². The first-order chi connectivity index (χ1) is 9.60. The summed E-state index contributed by atoms with van der Waals surface area (Å²) < 4.78 is 10.9. The number of carboxylic acids is 1. The van der Waals surface area contributed by atoms with Gasteiger partial charge in [-0.05, 0) is 24.6 Å². The number of rotatable bonds is 4. The van der Waals surface area contributed by atoms with Crippen LogP contribution in [-0.2, 0) is 4.79 Å². The van der Waals surface area contributed by atoms with Crippen LogP contribution in [0.5, 0.6) is 11.5 Å². The Morgan fingerprint density at radius 3 is 2.70 bits per heavy atom. The van der Waals surface area contributed by atoms with Gasteiger partial charge in [-0.1, -0.05) is 12.2 Å². The van der Waals surface area contributed by atoms with Crippen LogP contribution in [0, 0.1) is 11.8 Å². The van der Waals surface area contributed by atoms with E-state index in [0.717, 1.165) is 6.42 Å². The van der Waals surface area contributed by atoms with Crippen LogP contribution < -0.4 is 9.47 Å². The van der Waals surface area contributed by atoms with Crippen LogP contribution in [0.2, 0.25) is 0 Å². The fourth-order valence-electron chi connectivity index (χ4n) is 2.77. The molecule has 0 aromatic heterocycles. The first-order valence-corrected chi connectivity index (χ1v) is 6.40. The molecule has 104 valence electrons. The minimum atomic E-state index is -1.04. The van der Waals surface area contributed by atoms with E-state index < -0.39 is 12.1 Å². The molecule has 5 heteroatoms. The first-order valence-electron chi connectivity index (χ1n) is 6.40.